The topological polar surface area (TPSA) is 93.9 Å². The van der Waals surface area contributed by atoms with Gasteiger partial charge in [-0.2, -0.15) is 0 Å². The third-order valence-corrected chi connectivity index (χ3v) is 7.51. The lowest BCUT2D eigenvalue weighted by Crippen LogP contribution is -2.31. The molecule has 1 N–H and O–H groups in total. The van der Waals surface area contributed by atoms with Crippen LogP contribution < -0.4 is 9.47 Å². The summed E-state index contributed by atoms with van der Waals surface area (Å²) in [5.74, 6) is -0.136. The maximum absolute atomic E-state index is 13.5. The molecule has 3 aromatic carbocycles. The Balaban J connectivity index is 1.35. The average molecular weight is 550 g/mol. The second-order valence-corrected chi connectivity index (χ2v) is 10.4. The number of carbonyl (C=O) groups excluding carboxylic acids is 2. The van der Waals surface area contributed by atoms with E-state index in [1.165, 1.54) is 0 Å². The molecule has 1 saturated heterocycles. The summed E-state index contributed by atoms with van der Waals surface area (Å²) in [5, 5.41) is 11.5. The normalized spacial score (nSPS) is 19.3. The fourth-order valence-corrected chi connectivity index (χ4v) is 5.54. The van der Waals surface area contributed by atoms with Crippen LogP contribution in [0.15, 0.2) is 97.1 Å². The van der Waals surface area contributed by atoms with E-state index in [0.717, 1.165) is 16.9 Å². The zero-order valence-corrected chi connectivity index (χ0v) is 22.8. The third kappa shape index (κ3) is 5.45. The Hall–Kier alpha value is -4.85. The number of aliphatic hydroxyl groups is 1. The van der Waals surface area contributed by atoms with Crippen molar-refractivity contribution in [2.75, 3.05) is 6.54 Å². The van der Waals surface area contributed by atoms with Gasteiger partial charge in [-0.25, -0.2) is 4.98 Å². The highest BCUT2D eigenvalue weighted by molar-refractivity contribution is 6.46. The van der Waals surface area contributed by atoms with Gasteiger partial charge >= 0.3 is 0 Å². The average Bonchev–Trinajstić information content (AvgIpc) is 3.70. The molecule has 4 aromatic rings. The summed E-state index contributed by atoms with van der Waals surface area (Å²) >= 11 is 0. The van der Waals surface area contributed by atoms with Crippen molar-refractivity contribution in [2.24, 2.45) is 0 Å². The summed E-state index contributed by atoms with van der Waals surface area (Å²) in [7, 11) is 0. The number of hydrogen-bond acceptors (Lipinski definition) is 6. The standard InChI is InChI=1S/C33H31N3O5/c1-22-17-26-18-25(11-12-28(26)41-22)31(37)29-30(36(33(39)32(29)38)15-6-14-35-16-13-34-21-35)24-9-5-10-27(19-24)40-20-23-7-3-2-4-8-23/h2-5,7-13,16,18-19,21-22,30,37H,6,14-15,17,20H2,1H3/t22-,30+/m0/s1. The molecule has 0 bridgehead atoms. The minimum absolute atomic E-state index is 0.0436. The SMILES string of the molecule is C[C@H]1Cc2cc(C(O)=C3C(=O)C(=O)N(CCCn4ccnc4)[C@@H]3c3cccc(OCc4ccccc4)c3)ccc2O1. The predicted octanol–water partition coefficient (Wildman–Crippen LogP) is 5.30. The van der Waals surface area contributed by atoms with E-state index in [4.69, 9.17) is 9.47 Å². The fourth-order valence-electron chi connectivity index (χ4n) is 5.54. The first-order valence-corrected chi connectivity index (χ1v) is 13.8. The molecule has 2 aliphatic heterocycles. The molecule has 0 aliphatic carbocycles. The highest BCUT2D eigenvalue weighted by Crippen LogP contribution is 2.41. The Morgan fingerprint density at radius 2 is 1.90 bits per heavy atom. The first kappa shape index (κ1) is 26.4. The van der Waals surface area contributed by atoms with E-state index >= 15 is 0 Å². The van der Waals surface area contributed by atoms with E-state index in [2.05, 4.69) is 4.98 Å². The Morgan fingerprint density at radius 1 is 1.05 bits per heavy atom. The van der Waals surface area contributed by atoms with Gasteiger partial charge in [0, 0.05) is 37.5 Å². The van der Waals surface area contributed by atoms with E-state index in [-0.39, 0.29) is 17.4 Å². The number of carbonyl (C=O) groups is 2. The van der Waals surface area contributed by atoms with E-state index < -0.39 is 17.7 Å². The smallest absolute Gasteiger partial charge is 0.295 e. The molecule has 3 heterocycles. The number of rotatable bonds is 9. The number of ether oxygens (including phenoxy) is 2. The van der Waals surface area contributed by atoms with E-state index in [1.807, 2.05) is 84.4 Å². The van der Waals surface area contributed by atoms with Crippen molar-refractivity contribution < 1.29 is 24.2 Å². The van der Waals surface area contributed by atoms with Crippen molar-refractivity contribution in [2.45, 2.75) is 45.1 Å². The number of nitrogens with zero attached hydrogens (tertiary/aromatic N) is 3. The maximum atomic E-state index is 13.5. The van der Waals surface area contributed by atoms with Crippen LogP contribution in [0.1, 0.15) is 41.6 Å². The quantitative estimate of drug-likeness (QED) is 0.173. The maximum Gasteiger partial charge on any atom is 0.295 e. The van der Waals surface area contributed by atoms with Crippen molar-refractivity contribution in [3.8, 4) is 11.5 Å². The van der Waals surface area contributed by atoms with Gasteiger partial charge in [0.15, 0.2) is 0 Å². The van der Waals surface area contributed by atoms with Crippen LogP contribution in [-0.4, -0.2) is 43.9 Å². The lowest BCUT2D eigenvalue weighted by atomic mass is 9.94. The van der Waals surface area contributed by atoms with Crippen molar-refractivity contribution in [3.63, 3.8) is 0 Å². The van der Waals surface area contributed by atoms with Crippen LogP contribution in [0.4, 0.5) is 0 Å². The monoisotopic (exact) mass is 549 g/mol. The van der Waals surface area contributed by atoms with Gasteiger partial charge in [-0.3, -0.25) is 9.59 Å². The van der Waals surface area contributed by atoms with Crippen molar-refractivity contribution in [1.82, 2.24) is 14.5 Å². The number of benzene rings is 3. The van der Waals surface area contributed by atoms with Crippen LogP contribution in [0.5, 0.6) is 11.5 Å². The number of hydrogen-bond donors (Lipinski definition) is 1. The molecule has 2 atom stereocenters. The van der Waals surface area contributed by atoms with Crippen LogP contribution in [-0.2, 0) is 29.2 Å². The number of imidazole rings is 1. The molecule has 0 spiro atoms. The van der Waals surface area contributed by atoms with Crippen molar-refractivity contribution in [1.29, 1.82) is 0 Å². The molecule has 1 fully saturated rings. The number of likely N-dealkylation sites (tertiary alicyclic amines) is 1. The Kier molecular flexibility index (Phi) is 7.29. The fraction of sp³-hybridized carbons (Fsp3) is 0.242. The van der Waals surface area contributed by atoms with E-state index in [1.54, 1.807) is 23.5 Å². The molecule has 6 rings (SSSR count). The van der Waals surface area contributed by atoms with Gasteiger partial charge in [-0.05, 0) is 60.4 Å². The van der Waals surface area contributed by atoms with Gasteiger partial charge in [-0.15, -0.1) is 0 Å². The number of aryl methyl sites for hydroxylation is 1. The van der Waals surface area contributed by atoms with E-state index in [0.29, 0.717) is 49.4 Å². The summed E-state index contributed by atoms with van der Waals surface area (Å²) < 4.78 is 13.8. The molecule has 2 aliphatic rings. The van der Waals surface area contributed by atoms with Crippen LogP contribution in [0, 0.1) is 0 Å². The van der Waals surface area contributed by atoms with Gasteiger partial charge in [-0.1, -0.05) is 42.5 Å². The minimum Gasteiger partial charge on any atom is -0.507 e. The molecular formula is C33H31N3O5. The minimum atomic E-state index is -0.763. The van der Waals surface area contributed by atoms with Crippen LogP contribution in [0.3, 0.4) is 0 Å². The highest BCUT2D eigenvalue weighted by Gasteiger charge is 2.46. The number of aliphatic hydroxyl groups excluding tert-OH is 1. The second-order valence-electron chi connectivity index (χ2n) is 10.4. The van der Waals surface area contributed by atoms with Crippen LogP contribution >= 0.6 is 0 Å². The number of amides is 1. The zero-order valence-electron chi connectivity index (χ0n) is 22.8. The molecule has 0 unspecified atom stereocenters. The van der Waals surface area contributed by atoms with Crippen molar-refractivity contribution >= 4 is 17.4 Å². The van der Waals surface area contributed by atoms with Gasteiger partial charge in [0.1, 0.15) is 30.0 Å². The summed E-state index contributed by atoms with van der Waals surface area (Å²) in [6.07, 6.45) is 6.65. The van der Waals surface area contributed by atoms with Crippen LogP contribution in [0.25, 0.3) is 5.76 Å². The first-order valence-electron chi connectivity index (χ1n) is 13.8. The molecular weight excluding hydrogens is 518 g/mol. The van der Waals surface area contributed by atoms with Gasteiger partial charge in [0.25, 0.3) is 11.7 Å². The third-order valence-electron chi connectivity index (χ3n) is 7.51. The largest absolute Gasteiger partial charge is 0.507 e. The summed E-state index contributed by atoms with van der Waals surface area (Å²) in [6, 6.07) is 21.9. The molecule has 1 aromatic heterocycles. The summed E-state index contributed by atoms with van der Waals surface area (Å²) in [6.45, 7) is 3.33. The molecule has 41 heavy (non-hydrogen) atoms. The molecule has 208 valence electrons. The van der Waals surface area contributed by atoms with Crippen molar-refractivity contribution in [3.05, 3.63) is 119 Å². The Morgan fingerprint density at radius 3 is 2.71 bits per heavy atom. The Bertz CT molecular complexity index is 1600. The van der Waals surface area contributed by atoms with Gasteiger partial charge < -0.3 is 24.0 Å². The molecule has 1 amide bonds. The van der Waals surface area contributed by atoms with Gasteiger partial charge in [0.05, 0.1) is 17.9 Å². The van der Waals surface area contributed by atoms with E-state index in [9.17, 15) is 14.7 Å². The summed E-state index contributed by atoms with van der Waals surface area (Å²) in [4.78, 5) is 32.6. The summed E-state index contributed by atoms with van der Waals surface area (Å²) in [5.41, 5.74) is 3.24. The highest BCUT2D eigenvalue weighted by atomic mass is 16.5. The lowest BCUT2D eigenvalue weighted by Gasteiger charge is -2.26. The second kappa shape index (κ2) is 11.3. The Labute approximate surface area is 238 Å². The van der Waals surface area contributed by atoms with Crippen LogP contribution in [0.2, 0.25) is 0 Å². The number of fused-ring (bicyclic) bond motifs is 1. The molecule has 8 heteroatoms. The lowest BCUT2D eigenvalue weighted by molar-refractivity contribution is -0.139. The number of aromatic nitrogens is 2. The predicted molar refractivity (Wildman–Crippen MR) is 153 cm³/mol. The zero-order chi connectivity index (χ0) is 28.3. The first-order chi connectivity index (χ1) is 20.0. The number of ketones is 1. The van der Waals surface area contributed by atoms with Gasteiger partial charge in [0.2, 0.25) is 0 Å². The molecule has 0 saturated carbocycles. The molecule has 8 nitrogen and oxygen atoms in total. The number of Topliss-reactive ketones (excluding diaryl/α,β-unsaturated/α-hetero) is 1. The molecule has 0 radical (unpaired) electrons.